The number of anilines is 2. The highest BCUT2D eigenvalue weighted by atomic mass is 16.2. The zero-order valence-corrected chi connectivity index (χ0v) is 18.3. The Hall–Kier alpha value is -3.09. The number of amides is 2. The minimum atomic E-state index is -0.410. The van der Waals surface area contributed by atoms with E-state index in [-0.39, 0.29) is 17.7 Å². The van der Waals surface area contributed by atoms with Gasteiger partial charge in [-0.1, -0.05) is 18.2 Å². The van der Waals surface area contributed by atoms with E-state index in [1.54, 1.807) is 6.20 Å². The van der Waals surface area contributed by atoms with Crippen LogP contribution in [0.25, 0.3) is 0 Å². The Morgan fingerprint density at radius 1 is 1.16 bits per heavy atom. The first-order valence-electron chi connectivity index (χ1n) is 10.9. The standard InChI is InChI=1S/C24H31N5O2/c1-28(2)20-7-5-19(6-8-20)24(11-12-24)23(31)27-16-18-4-3-13-26-22(18)29-14-9-17(10-15-29)21(25)30/h3-8,13,17H,9-12,14-16H2,1-2H3,(H2,25,30)(H,27,31). The molecule has 4 rings (SSSR count). The molecule has 31 heavy (non-hydrogen) atoms. The maximum absolute atomic E-state index is 13.1. The Morgan fingerprint density at radius 2 is 1.84 bits per heavy atom. The summed E-state index contributed by atoms with van der Waals surface area (Å²) in [5, 5.41) is 3.15. The highest BCUT2D eigenvalue weighted by molar-refractivity contribution is 5.91. The van der Waals surface area contributed by atoms with Crippen molar-refractivity contribution in [2.45, 2.75) is 37.6 Å². The Bertz CT molecular complexity index is 945. The van der Waals surface area contributed by atoms with Gasteiger partial charge in [-0.05, 0) is 49.4 Å². The second-order valence-corrected chi connectivity index (χ2v) is 8.86. The molecule has 1 saturated heterocycles. The van der Waals surface area contributed by atoms with E-state index in [9.17, 15) is 9.59 Å². The van der Waals surface area contributed by atoms with Gasteiger partial charge in [-0.3, -0.25) is 9.59 Å². The molecule has 1 aliphatic heterocycles. The van der Waals surface area contributed by atoms with Gasteiger partial charge < -0.3 is 20.9 Å². The van der Waals surface area contributed by atoms with Crippen LogP contribution in [0, 0.1) is 5.92 Å². The van der Waals surface area contributed by atoms with Crippen molar-refractivity contribution in [1.82, 2.24) is 10.3 Å². The molecule has 1 saturated carbocycles. The fourth-order valence-electron chi connectivity index (χ4n) is 4.42. The zero-order chi connectivity index (χ0) is 22.0. The van der Waals surface area contributed by atoms with Gasteiger partial charge in [0.15, 0.2) is 0 Å². The molecule has 2 heterocycles. The molecule has 2 amide bonds. The van der Waals surface area contributed by atoms with Gasteiger partial charge in [0.05, 0.1) is 5.41 Å². The smallest absolute Gasteiger partial charge is 0.230 e. The van der Waals surface area contributed by atoms with Gasteiger partial charge in [0.2, 0.25) is 11.8 Å². The lowest BCUT2D eigenvalue weighted by Gasteiger charge is -2.32. The lowest BCUT2D eigenvalue weighted by molar-refractivity contribution is -0.124. The van der Waals surface area contributed by atoms with E-state index >= 15 is 0 Å². The van der Waals surface area contributed by atoms with E-state index in [0.717, 1.165) is 61.4 Å². The van der Waals surface area contributed by atoms with Crippen LogP contribution in [0.4, 0.5) is 11.5 Å². The molecule has 2 aromatic rings. The summed E-state index contributed by atoms with van der Waals surface area (Å²) < 4.78 is 0. The van der Waals surface area contributed by atoms with Crippen molar-refractivity contribution in [2.24, 2.45) is 11.7 Å². The topological polar surface area (TPSA) is 91.6 Å². The number of rotatable bonds is 7. The molecular formula is C24H31N5O2. The van der Waals surface area contributed by atoms with Crippen molar-refractivity contribution < 1.29 is 9.59 Å². The number of pyridine rings is 1. The van der Waals surface area contributed by atoms with E-state index in [4.69, 9.17) is 5.73 Å². The largest absolute Gasteiger partial charge is 0.378 e. The maximum atomic E-state index is 13.1. The minimum Gasteiger partial charge on any atom is -0.378 e. The molecule has 2 aliphatic rings. The third-order valence-electron chi connectivity index (χ3n) is 6.62. The number of benzene rings is 1. The van der Waals surface area contributed by atoms with Gasteiger partial charge >= 0.3 is 0 Å². The summed E-state index contributed by atoms with van der Waals surface area (Å²) in [6, 6.07) is 12.2. The quantitative estimate of drug-likeness (QED) is 0.715. The summed E-state index contributed by atoms with van der Waals surface area (Å²) in [6.07, 6.45) is 5.00. The SMILES string of the molecule is CN(C)c1ccc(C2(C(=O)NCc3cccnc3N3CCC(C(N)=O)CC3)CC2)cc1. The number of nitrogens with two attached hydrogens (primary N) is 1. The van der Waals surface area contributed by atoms with Crippen LogP contribution in [0.2, 0.25) is 0 Å². The molecule has 7 heteroatoms. The number of nitrogens with zero attached hydrogens (tertiary/aromatic N) is 3. The summed E-state index contributed by atoms with van der Waals surface area (Å²) in [7, 11) is 4.02. The first kappa shape index (κ1) is 21.2. The Labute approximate surface area is 183 Å². The van der Waals surface area contributed by atoms with Crippen LogP contribution in [0.3, 0.4) is 0 Å². The molecule has 2 fully saturated rings. The highest BCUT2D eigenvalue weighted by Gasteiger charge is 2.51. The second-order valence-electron chi connectivity index (χ2n) is 8.86. The van der Waals surface area contributed by atoms with E-state index in [1.165, 1.54) is 0 Å². The summed E-state index contributed by atoms with van der Waals surface area (Å²) >= 11 is 0. The molecule has 1 aliphatic carbocycles. The average Bonchev–Trinajstić information content (AvgIpc) is 3.60. The van der Waals surface area contributed by atoms with Gasteiger partial charge in [0.1, 0.15) is 5.82 Å². The van der Waals surface area contributed by atoms with E-state index < -0.39 is 5.41 Å². The highest BCUT2D eigenvalue weighted by Crippen LogP contribution is 2.48. The molecule has 0 atom stereocenters. The summed E-state index contributed by atoms with van der Waals surface area (Å²) in [5.41, 5.74) is 8.24. The summed E-state index contributed by atoms with van der Waals surface area (Å²) in [4.78, 5) is 33.4. The van der Waals surface area contributed by atoms with Crippen molar-refractivity contribution in [3.63, 3.8) is 0 Å². The Kier molecular flexibility index (Phi) is 5.85. The van der Waals surface area contributed by atoms with Crippen molar-refractivity contribution in [3.05, 3.63) is 53.7 Å². The third kappa shape index (κ3) is 4.36. The summed E-state index contributed by atoms with van der Waals surface area (Å²) in [5.74, 6) is 0.677. The molecule has 1 aromatic heterocycles. The van der Waals surface area contributed by atoms with Crippen LogP contribution in [0.1, 0.15) is 36.8 Å². The molecule has 0 unspecified atom stereocenters. The van der Waals surface area contributed by atoms with E-state index in [0.29, 0.717) is 6.54 Å². The van der Waals surface area contributed by atoms with Crippen LogP contribution in [-0.4, -0.2) is 44.0 Å². The number of carbonyl (C=O) groups excluding carboxylic acids is 2. The summed E-state index contributed by atoms with van der Waals surface area (Å²) in [6.45, 7) is 1.93. The number of nitrogens with one attached hydrogen (secondary N) is 1. The number of primary amides is 1. The molecule has 1 aromatic carbocycles. The lowest BCUT2D eigenvalue weighted by atomic mass is 9.94. The number of hydrogen-bond acceptors (Lipinski definition) is 5. The van der Waals surface area contributed by atoms with Crippen LogP contribution in [0.15, 0.2) is 42.6 Å². The first-order valence-corrected chi connectivity index (χ1v) is 10.9. The fourth-order valence-corrected chi connectivity index (χ4v) is 4.42. The molecular weight excluding hydrogens is 390 g/mol. The van der Waals surface area contributed by atoms with Crippen molar-refractivity contribution in [2.75, 3.05) is 37.0 Å². The van der Waals surface area contributed by atoms with Crippen LogP contribution >= 0.6 is 0 Å². The average molecular weight is 422 g/mol. The monoisotopic (exact) mass is 421 g/mol. The zero-order valence-electron chi connectivity index (χ0n) is 18.3. The van der Waals surface area contributed by atoms with E-state index in [1.807, 2.05) is 26.2 Å². The van der Waals surface area contributed by atoms with Gasteiger partial charge in [-0.25, -0.2) is 4.98 Å². The molecule has 0 spiro atoms. The molecule has 0 bridgehead atoms. The Morgan fingerprint density at radius 3 is 2.42 bits per heavy atom. The van der Waals surface area contributed by atoms with Gasteiger partial charge in [0.25, 0.3) is 0 Å². The van der Waals surface area contributed by atoms with E-state index in [2.05, 4.69) is 44.4 Å². The van der Waals surface area contributed by atoms with Gasteiger partial charge in [-0.15, -0.1) is 0 Å². The first-order chi connectivity index (χ1) is 14.9. The number of hydrogen-bond donors (Lipinski definition) is 2. The minimum absolute atomic E-state index is 0.0586. The van der Waals surface area contributed by atoms with Crippen molar-refractivity contribution >= 4 is 23.3 Å². The predicted octanol–water partition coefficient (Wildman–Crippen LogP) is 2.20. The third-order valence-corrected chi connectivity index (χ3v) is 6.62. The van der Waals surface area contributed by atoms with Crippen LogP contribution in [0.5, 0.6) is 0 Å². The van der Waals surface area contributed by atoms with Crippen LogP contribution < -0.4 is 20.9 Å². The molecule has 164 valence electrons. The van der Waals surface area contributed by atoms with Crippen molar-refractivity contribution in [1.29, 1.82) is 0 Å². The number of piperidine rings is 1. The van der Waals surface area contributed by atoms with Gasteiger partial charge in [-0.2, -0.15) is 0 Å². The second kappa shape index (κ2) is 8.57. The normalized spacial score (nSPS) is 17.8. The molecule has 7 nitrogen and oxygen atoms in total. The molecule has 0 radical (unpaired) electrons. The number of aromatic nitrogens is 1. The lowest BCUT2D eigenvalue weighted by Crippen LogP contribution is -2.40. The van der Waals surface area contributed by atoms with Gasteiger partial charge in [0, 0.05) is 57.1 Å². The fraction of sp³-hybridized carbons (Fsp3) is 0.458. The van der Waals surface area contributed by atoms with Crippen molar-refractivity contribution in [3.8, 4) is 0 Å². The molecule has 3 N–H and O–H groups in total. The maximum Gasteiger partial charge on any atom is 0.230 e. The van der Waals surface area contributed by atoms with Crippen LogP contribution in [-0.2, 0) is 21.5 Å². The predicted molar refractivity (Wildman–Crippen MR) is 122 cm³/mol. The number of carbonyl (C=O) groups is 2. The Balaban J connectivity index is 1.42.